The Morgan fingerprint density at radius 2 is 0.886 bits per heavy atom. The molecular formula is C31H32O4. The fourth-order valence-corrected chi connectivity index (χ4v) is 3.40. The van der Waals surface area contributed by atoms with E-state index in [1.165, 1.54) is 27.8 Å². The van der Waals surface area contributed by atoms with Crippen molar-refractivity contribution < 1.29 is 19.8 Å². The summed E-state index contributed by atoms with van der Waals surface area (Å²) in [6.45, 7) is 12.5. The summed E-state index contributed by atoms with van der Waals surface area (Å²) in [6.07, 6.45) is 0. The van der Waals surface area contributed by atoms with Crippen molar-refractivity contribution >= 4 is 11.9 Å². The number of carbonyl (C=O) groups is 2. The third kappa shape index (κ3) is 9.93. The molecule has 0 radical (unpaired) electrons. The van der Waals surface area contributed by atoms with Gasteiger partial charge in [0.15, 0.2) is 0 Å². The van der Waals surface area contributed by atoms with Gasteiger partial charge in [-0.15, -0.1) is 13.2 Å². The van der Waals surface area contributed by atoms with Gasteiger partial charge in [0, 0.05) is 0 Å². The fourth-order valence-electron chi connectivity index (χ4n) is 3.40. The summed E-state index contributed by atoms with van der Waals surface area (Å²) in [6, 6.07) is 31.7. The second-order valence-electron chi connectivity index (χ2n) is 7.48. The van der Waals surface area contributed by atoms with Gasteiger partial charge in [0.2, 0.25) is 0 Å². The molecule has 0 atom stereocenters. The molecule has 2 N–H and O–H groups in total. The SMILES string of the molecule is C=C.Cc1cc(C)c(-c2ccccc2)c(C)c1.O=C(O)c1ccccc1.O=C(O)c1ccccc1. The molecule has 0 aliphatic carbocycles. The van der Waals surface area contributed by atoms with Crippen LogP contribution in [0.15, 0.2) is 116 Å². The van der Waals surface area contributed by atoms with Crippen LogP contribution in [0.3, 0.4) is 0 Å². The summed E-state index contributed by atoms with van der Waals surface area (Å²) in [5.74, 6) is -1.76. The minimum atomic E-state index is -0.879. The lowest BCUT2D eigenvalue weighted by molar-refractivity contribution is 0.0686. The van der Waals surface area contributed by atoms with Crippen LogP contribution >= 0.6 is 0 Å². The Bertz CT molecular complexity index is 1110. The Hall–Kier alpha value is -4.44. The van der Waals surface area contributed by atoms with Crippen LogP contribution in [0.25, 0.3) is 11.1 Å². The quantitative estimate of drug-likeness (QED) is 0.300. The molecule has 35 heavy (non-hydrogen) atoms. The molecule has 4 aromatic carbocycles. The summed E-state index contributed by atoms with van der Waals surface area (Å²) in [7, 11) is 0. The van der Waals surface area contributed by atoms with Gasteiger partial charge in [-0.1, -0.05) is 84.4 Å². The van der Waals surface area contributed by atoms with E-state index >= 15 is 0 Å². The normalized spacial score (nSPS) is 9.11. The zero-order chi connectivity index (χ0) is 26.2. The van der Waals surface area contributed by atoms with Gasteiger partial charge in [0.05, 0.1) is 11.1 Å². The molecule has 4 rings (SSSR count). The van der Waals surface area contributed by atoms with Crippen LogP contribution in [0, 0.1) is 20.8 Å². The van der Waals surface area contributed by atoms with Gasteiger partial charge in [0.25, 0.3) is 0 Å². The Morgan fingerprint density at radius 3 is 1.17 bits per heavy atom. The average molecular weight is 469 g/mol. The number of carboxylic acids is 2. The highest BCUT2D eigenvalue weighted by Gasteiger charge is 2.05. The van der Waals surface area contributed by atoms with E-state index < -0.39 is 11.9 Å². The number of aromatic carboxylic acids is 2. The largest absolute Gasteiger partial charge is 0.478 e. The molecule has 0 heterocycles. The van der Waals surface area contributed by atoms with Crippen LogP contribution in [-0.4, -0.2) is 22.2 Å². The Kier molecular flexibility index (Phi) is 12.6. The number of hydrogen-bond donors (Lipinski definition) is 2. The van der Waals surface area contributed by atoms with Crippen molar-refractivity contribution in [3.8, 4) is 11.1 Å². The lowest BCUT2D eigenvalue weighted by atomic mass is 9.94. The van der Waals surface area contributed by atoms with Crippen molar-refractivity contribution in [2.24, 2.45) is 0 Å². The summed E-state index contributed by atoms with van der Waals surface area (Å²) >= 11 is 0. The van der Waals surface area contributed by atoms with Crippen molar-refractivity contribution in [2.75, 3.05) is 0 Å². The van der Waals surface area contributed by atoms with E-state index in [4.69, 9.17) is 10.2 Å². The minimum Gasteiger partial charge on any atom is -0.478 e. The topological polar surface area (TPSA) is 74.6 Å². The molecule has 4 aromatic rings. The maximum absolute atomic E-state index is 10.2. The van der Waals surface area contributed by atoms with Gasteiger partial charge in [-0.2, -0.15) is 0 Å². The smallest absolute Gasteiger partial charge is 0.335 e. The zero-order valence-electron chi connectivity index (χ0n) is 20.4. The highest BCUT2D eigenvalue weighted by Crippen LogP contribution is 2.27. The lowest BCUT2D eigenvalue weighted by Gasteiger charge is -2.11. The Labute approximate surface area is 207 Å². The summed E-state index contributed by atoms with van der Waals surface area (Å²) < 4.78 is 0. The molecule has 0 saturated carbocycles. The summed E-state index contributed by atoms with van der Waals surface area (Å²) in [4.78, 5) is 20.4. The monoisotopic (exact) mass is 468 g/mol. The average Bonchev–Trinajstić information content (AvgIpc) is 2.87. The van der Waals surface area contributed by atoms with Gasteiger partial charge < -0.3 is 10.2 Å². The molecule has 0 saturated heterocycles. The number of rotatable bonds is 3. The van der Waals surface area contributed by atoms with E-state index in [0.29, 0.717) is 11.1 Å². The third-order valence-electron chi connectivity index (χ3n) is 4.78. The summed E-state index contributed by atoms with van der Waals surface area (Å²) in [5, 5.41) is 16.8. The van der Waals surface area contributed by atoms with Crippen molar-refractivity contribution in [3.05, 3.63) is 144 Å². The van der Waals surface area contributed by atoms with Crippen LogP contribution < -0.4 is 0 Å². The highest BCUT2D eigenvalue weighted by molar-refractivity contribution is 5.87. The van der Waals surface area contributed by atoms with E-state index in [1.807, 2.05) is 0 Å². The van der Waals surface area contributed by atoms with Crippen molar-refractivity contribution in [1.29, 1.82) is 0 Å². The standard InChI is InChI=1S/C15H16.2C7H6O2.C2H4/c1-11-9-12(2)15(13(3)10-11)14-7-5-4-6-8-14;2*8-7(9)6-4-2-1-3-5-6;1-2/h4-10H,1-3H3;2*1-5H,(H,8,9);1-2H2. The molecule has 0 aliphatic heterocycles. The van der Waals surface area contributed by atoms with Gasteiger partial charge in [0.1, 0.15) is 0 Å². The van der Waals surface area contributed by atoms with Crippen molar-refractivity contribution in [1.82, 2.24) is 0 Å². The third-order valence-corrected chi connectivity index (χ3v) is 4.78. The van der Waals surface area contributed by atoms with Crippen LogP contribution in [0.4, 0.5) is 0 Å². The molecule has 4 heteroatoms. The van der Waals surface area contributed by atoms with Gasteiger partial charge in [-0.25, -0.2) is 9.59 Å². The Balaban J connectivity index is 0.000000266. The first kappa shape index (κ1) is 28.6. The second kappa shape index (κ2) is 15.4. The van der Waals surface area contributed by atoms with E-state index in [0.717, 1.165) is 0 Å². The van der Waals surface area contributed by atoms with Crippen LogP contribution in [-0.2, 0) is 0 Å². The maximum Gasteiger partial charge on any atom is 0.335 e. The van der Waals surface area contributed by atoms with E-state index in [2.05, 4.69) is 76.4 Å². The van der Waals surface area contributed by atoms with Crippen LogP contribution in [0.5, 0.6) is 0 Å². The molecule has 4 nitrogen and oxygen atoms in total. The molecule has 0 bridgehead atoms. The first-order valence-corrected chi connectivity index (χ1v) is 11.0. The van der Waals surface area contributed by atoms with Crippen molar-refractivity contribution in [3.63, 3.8) is 0 Å². The second-order valence-corrected chi connectivity index (χ2v) is 7.48. The molecule has 0 aromatic heterocycles. The molecule has 0 spiro atoms. The molecule has 0 aliphatic rings. The predicted octanol–water partition coefficient (Wildman–Crippen LogP) is 7.85. The van der Waals surface area contributed by atoms with E-state index in [1.54, 1.807) is 60.7 Å². The van der Waals surface area contributed by atoms with Crippen LogP contribution in [0.1, 0.15) is 37.4 Å². The van der Waals surface area contributed by atoms with E-state index in [9.17, 15) is 9.59 Å². The van der Waals surface area contributed by atoms with Gasteiger partial charge in [-0.3, -0.25) is 0 Å². The van der Waals surface area contributed by atoms with E-state index in [-0.39, 0.29) is 0 Å². The van der Waals surface area contributed by atoms with Gasteiger partial charge >= 0.3 is 11.9 Å². The maximum atomic E-state index is 10.2. The minimum absolute atomic E-state index is 0.331. The van der Waals surface area contributed by atoms with Crippen molar-refractivity contribution in [2.45, 2.75) is 20.8 Å². The molecule has 0 unspecified atom stereocenters. The molecule has 0 amide bonds. The highest BCUT2D eigenvalue weighted by atomic mass is 16.4. The van der Waals surface area contributed by atoms with Crippen LogP contribution in [0.2, 0.25) is 0 Å². The number of carboxylic acid groups (broad SMARTS) is 2. The summed E-state index contributed by atoms with van der Waals surface area (Å²) in [5.41, 5.74) is 7.41. The number of aryl methyl sites for hydroxylation is 3. The molecule has 0 fully saturated rings. The van der Waals surface area contributed by atoms with Gasteiger partial charge in [-0.05, 0) is 67.3 Å². The first-order chi connectivity index (χ1) is 16.8. The number of hydrogen-bond acceptors (Lipinski definition) is 2. The lowest BCUT2D eigenvalue weighted by Crippen LogP contribution is -1.93. The predicted molar refractivity (Wildman–Crippen MR) is 144 cm³/mol. The zero-order valence-corrected chi connectivity index (χ0v) is 20.4. The first-order valence-electron chi connectivity index (χ1n) is 11.0. The number of benzene rings is 4. The molecular weight excluding hydrogens is 436 g/mol. The Morgan fingerprint density at radius 1 is 0.571 bits per heavy atom. The molecule has 180 valence electrons. The fraction of sp³-hybridized carbons (Fsp3) is 0.0968.